The van der Waals surface area contributed by atoms with Crippen LogP contribution in [-0.4, -0.2) is 44.6 Å². The summed E-state index contributed by atoms with van der Waals surface area (Å²) in [5, 5.41) is 26.4. The van der Waals surface area contributed by atoms with Crippen molar-refractivity contribution in [3.05, 3.63) is 60.2 Å². The van der Waals surface area contributed by atoms with Crippen LogP contribution in [0, 0.1) is 0 Å². The third-order valence-electron chi connectivity index (χ3n) is 4.58. The summed E-state index contributed by atoms with van der Waals surface area (Å²) in [6.45, 7) is 14.6. The zero-order valence-corrected chi connectivity index (χ0v) is 21.2. The Morgan fingerprint density at radius 1 is 1.21 bits per heavy atom. The van der Waals surface area contributed by atoms with Crippen molar-refractivity contribution in [2.75, 3.05) is 13.2 Å². The molecule has 7 nitrogen and oxygen atoms in total. The fourth-order valence-electron chi connectivity index (χ4n) is 2.77. The molecule has 0 aliphatic heterocycles. The Labute approximate surface area is 199 Å². The van der Waals surface area contributed by atoms with E-state index in [4.69, 9.17) is 5.11 Å². The van der Waals surface area contributed by atoms with E-state index in [0.717, 1.165) is 40.9 Å². The van der Waals surface area contributed by atoms with E-state index in [1.54, 1.807) is 12.4 Å². The number of nitrogens with zero attached hydrogens (tertiary/aromatic N) is 3. The van der Waals surface area contributed by atoms with E-state index in [-0.39, 0.29) is 5.91 Å². The summed E-state index contributed by atoms with van der Waals surface area (Å²) in [6.07, 6.45) is 15.7. The summed E-state index contributed by atoms with van der Waals surface area (Å²) >= 11 is 0. The highest BCUT2D eigenvalue weighted by Crippen LogP contribution is 2.35. The van der Waals surface area contributed by atoms with Crippen molar-refractivity contribution in [3.8, 4) is 11.1 Å². The third kappa shape index (κ3) is 10.4. The highest BCUT2D eigenvalue weighted by molar-refractivity contribution is 5.85. The molecule has 2 heterocycles. The molecule has 7 heteroatoms. The lowest BCUT2D eigenvalue weighted by Crippen LogP contribution is -2.26. The maximum absolute atomic E-state index is 10.2. The summed E-state index contributed by atoms with van der Waals surface area (Å²) < 4.78 is 0. The number of nitrogens with one attached hydrogen (secondary N) is 2. The normalized spacial score (nSPS) is 12.1. The summed E-state index contributed by atoms with van der Waals surface area (Å²) in [5.41, 5.74) is 5.32. The SMILES string of the molecule is CC.CCCNC(=O)CO.C\C=C/C=C(\C=C/C)c1n[nH]c(C(C)CC)c1-c1ccnnc1. The molecule has 0 aromatic carbocycles. The number of carbonyl (C=O) groups is 1. The van der Waals surface area contributed by atoms with Crippen LogP contribution < -0.4 is 5.32 Å². The van der Waals surface area contributed by atoms with Crippen LogP contribution in [0.4, 0.5) is 0 Å². The minimum Gasteiger partial charge on any atom is -0.387 e. The molecule has 33 heavy (non-hydrogen) atoms. The maximum atomic E-state index is 10.2. The Kier molecular flexibility index (Phi) is 16.8. The Morgan fingerprint density at radius 2 is 1.94 bits per heavy atom. The van der Waals surface area contributed by atoms with Crippen LogP contribution in [0.1, 0.15) is 78.6 Å². The molecule has 182 valence electrons. The van der Waals surface area contributed by atoms with E-state index in [9.17, 15) is 4.79 Å². The first-order valence-electron chi connectivity index (χ1n) is 11.7. The molecule has 3 N–H and O–H groups in total. The number of carbonyl (C=O) groups excluding carboxylic acids is 1. The highest BCUT2D eigenvalue weighted by Gasteiger charge is 2.20. The quantitative estimate of drug-likeness (QED) is 0.436. The van der Waals surface area contributed by atoms with Crippen LogP contribution in [0.5, 0.6) is 0 Å². The number of hydrogen-bond acceptors (Lipinski definition) is 5. The number of rotatable bonds is 9. The average molecular weight is 456 g/mol. The topological polar surface area (TPSA) is 104 Å². The minimum absolute atomic E-state index is 0.299. The summed E-state index contributed by atoms with van der Waals surface area (Å²) in [6, 6.07) is 1.98. The first kappa shape index (κ1) is 29.9. The molecule has 0 spiro atoms. The molecule has 0 radical (unpaired) electrons. The number of aromatic amines is 1. The molecule has 1 amide bonds. The first-order chi connectivity index (χ1) is 16.0. The predicted molar refractivity (Wildman–Crippen MR) is 138 cm³/mol. The number of aliphatic hydroxyl groups excluding tert-OH is 1. The lowest BCUT2D eigenvalue weighted by atomic mass is 9.93. The molecule has 1 atom stereocenters. The number of aliphatic hydroxyl groups is 1. The van der Waals surface area contributed by atoms with Crippen LogP contribution in [0.25, 0.3) is 16.7 Å². The van der Waals surface area contributed by atoms with Gasteiger partial charge in [-0.3, -0.25) is 9.89 Å². The Balaban J connectivity index is 0.000000868. The van der Waals surface area contributed by atoms with E-state index in [2.05, 4.69) is 51.7 Å². The molecule has 0 aliphatic carbocycles. The number of allylic oxidation sites excluding steroid dienone is 6. The van der Waals surface area contributed by atoms with Gasteiger partial charge in [0, 0.05) is 28.9 Å². The largest absolute Gasteiger partial charge is 0.387 e. The molecule has 0 bridgehead atoms. The van der Waals surface area contributed by atoms with Gasteiger partial charge in [-0.2, -0.15) is 15.3 Å². The van der Waals surface area contributed by atoms with Gasteiger partial charge in [0.2, 0.25) is 5.91 Å². The van der Waals surface area contributed by atoms with E-state index >= 15 is 0 Å². The highest BCUT2D eigenvalue weighted by atomic mass is 16.3. The smallest absolute Gasteiger partial charge is 0.245 e. The predicted octanol–water partition coefficient (Wildman–Crippen LogP) is 5.45. The Hall–Kier alpha value is -3.06. The van der Waals surface area contributed by atoms with E-state index < -0.39 is 6.61 Å². The fraction of sp³-hybridized carbons (Fsp3) is 0.462. The van der Waals surface area contributed by atoms with Crippen molar-refractivity contribution in [2.24, 2.45) is 0 Å². The van der Waals surface area contributed by atoms with Crippen molar-refractivity contribution < 1.29 is 9.90 Å². The molecule has 0 aliphatic rings. The lowest BCUT2D eigenvalue weighted by Gasteiger charge is -2.11. The first-order valence-corrected chi connectivity index (χ1v) is 11.7. The van der Waals surface area contributed by atoms with Gasteiger partial charge in [-0.05, 0) is 38.7 Å². The number of aromatic nitrogens is 4. The molecular weight excluding hydrogens is 414 g/mol. The molecular formula is C26H41N5O2. The monoisotopic (exact) mass is 455 g/mol. The Bertz CT molecular complexity index is 870. The van der Waals surface area contributed by atoms with Crippen LogP contribution >= 0.6 is 0 Å². The molecule has 2 rings (SSSR count). The zero-order chi connectivity index (χ0) is 25.1. The van der Waals surface area contributed by atoms with Crippen molar-refractivity contribution in [1.29, 1.82) is 0 Å². The van der Waals surface area contributed by atoms with Crippen molar-refractivity contribution >= 4 is 11.5 Å². The van der Waals surface area contributed by atoms with Crippen LogP contribution in [0.15, 0.2) is 48.8 Å². The second-order valence-corrected chi connectivity index (χ2v) is 6.96. The molecule has 2 aromatic rings. The van der Waals surface area contributed by atoms with E-state index in [0.29, 0.717) is 12.5 Å². The van der Waals surface area contributed by atoms with E-state index in [1.807, 2.05) is 58.9 Å². The van der Waals surface area contributed by atoms with Gasteiger partial charge < -0.3 is 10.4 Å². The molecule has 1 unspecified atom stereocenters. The zero-order valence-electron chi connectivity index (χ0n) is 21.2. The number of amides is 1. The second kappa shape index (κ2) is 18.5. The van der Waals surface area contributed by atoms with Crippen molar-refractivity contribution in [1.82, 2.24) is 25.7 Å². The third-order valence-corrected chi connectivity index (χ3v) is 4.58. The van der Waals surface area contributed by atoms with Gasteiger partial charge in [0.1, 0.15) is 12.3 Å². The summed E-state index contributed by atoms with van der Waals surface area (Å²) in [4.78, 5) is 10.2. The van der Waals surface area contributed by atoms with Crippen molar-refractivity contribution in [3.63, 3.8) is 0 Å². The van der Waals surface area contributed by atoms with Gasteiger partial charge >= 0.3 is 0 Å². The van der Waals surface area contributed by atoms with Gasteiger partial charge in [0.25, 0.3) is 0 Å². The van der Waals surface area contributed by atoms with Crippen LogP contribution in [-0.2, 0) is 4.79 Å². The average Bonchev–Trinajstić information content (AvgIpc) is 3.31. The molecule has 0 saturated heterocycles. The van der Waals surface area contributed by atoms with Gasteiger partial charge in [-0.25, -0.2) is 0 Å². The van der Waals surface area contributed by atoms with Gasteiger partial charge in [-0.1, -0.05) is 65.0 Å². The fourth-order valence-corrected chi connectivity index (χ4v) is 2.77. The standard InChI is InChI=1S/C19H24N4.C5H11NO2.C2H6/c1-5-8-10-15(9-6-2)19-17(16-11-12-20-21-13-16)18(22-23-19)14(4)7-3;1-2-3-6-5(8)4-7;1-2/h5-6,8-14H,7H2,1-4H3,(H,22,23);7H,2-4H2,1H3,(H,6,8);1-2H3/b8-5-,9-6-,15-10+;;. The van der Waals surface area contributed by atoms with Gasteiger partial charge in [-0.15, -0.1) is 0 Å². The van der Waals surface area contributed by atoms with Crippen LogP contribution in [0.3, 0.4) is 0 Å². The van der Waals surface area contributed by atoms with Crippen LogP contribution in [0.2, 0.25) is 0 Å². The summed E-state index contributed by atoms with van der Waals surface area (Å²) in [5.74, 6) is 0.0971. The number of H-pyrrole nitrogens is 1. The van der Waals surface area contributed by atoms with Gasteiger partial charge in [0.15, 0.2) is 0 Å². The second-order valence-electron chi connectivity index (χ2n) is 6.96. The molecule has 2 aromatic heterocycles. The Morgan fingerprint density at radius 3 is 2.45 bits per heavy atom. The lowest BCUT2D eigenvalue weighted by molar-refractivity contribution is -0.123. The maximum Gasteiger partial charge on any atom is 0.245 e. The minimum atomic E-state index is -0.403. The van der Waals surface area contributed by atoms with Gasteiger partial charge in [0.05, 0.1) is 12.4 Å². The van der Waals surface area contributed by atoms with E-state index in [1.165, 1.54) is 0 Å². The van der Waals surface area contributed by atoms with Crippen molar-refractivity contribution in [2.45, 2.75) is 67.2 Å². The molecule has 0 saturated carbocycles. The number of hydrogen-bond donors (Lipinski definition) is 3. The summed E-state index contributed by atoms with van der Waals surface area (Å²) in [7, 11) is 0. The molecule has 0 fully saturated rings.